The van der Waals surface area contributed by atoms with Gasteiger partial charge in [0.15, 0.2) is 5.82 Å². The van der Waals surface area contributed by atoms with Gasteiger partial charge in [-0.25, -0.2) is 19.9 Å². The maximum atomic E-state index is 5.59. The third-order valence-electron chi connectivity index (χ3n) is 11.0. The van der Waals surface area contributed by atoms with Crippen molar-refractivity contribution in [2.75, 3.05) is 0 Å². The molecule has 0 aliphatic rings. The molecule has 0 spiro atoms. The minimum atomic E-state index is 0.661. The molecule has 0 atom stereocenters. The summed E-state index contributed by atoms with van der Waals surface area (Å²) in [6.07, 6.45) is 2.16. The average Bonchev–Trinajstić information content (AvgIpc) is 3.72. The third kappa shape index (κ3) is 6.13. The van der Waals surface area contributed by atoms with Crippen molar-refractivity contribution in [3.63, 3.8) is 0 Å². The first kappa shape index (κ1) is 34.2. The Morgan fingerprint density at radius 1 is 0.339 bits per heavy atom. The highest BCUT2D eigenvalue weighted by atomic mass is 15.0. The first-order valence-corrected chi connectivity index (χ1v) is 19.8. The van der Waals surface area contributed by atoms with Gasteiger partial charge in [-0.3, -0.25) is 4.40 Å². The van der Waals surface area contributed by atoms with Gasteiger partial charge in [0.05, 0.1) is 34.0 Å². The van der Waals surface area contributed by atoms with Crippen LogP contribution in [0.3, 0.4) is 0 Å². The molecule has 0 aliphatic carbocycles. The molecule has 0 aliphatic heterocycles. The van der Waals surface area contributed by atoms with Crippen LogP contribution in [-0.2, 0) is 0 Å². The fraction of sp³-hybridized carbons (Fsp3) is 0. The standard InChI is InChI=1S/C54H35N5/c1-6-18-36(19-7-1)41-28-16-29-42(34-41)52-50(39-24-12-4-13-25-39)58-54-48-44-31-17-30-43(51(44)57-49(38-22-10-3-11-23-38)45(48)32-33-59(52)54)47-35-46(37-20-8-2-9-21-37)55-53(56-47)40-26-14-5-15-27-40/h1-35H. The molecule has 0 amide bonds. The highest BCUT2D eigenvalue weighted by Gasteiger charge is 2.23. The molecule has 0 fully saturated rings. The van der Waals surface area contributed by atoms with Crippen LogP contribution in [0.5, 0.6) is 0 Å². The van der Waals surface area contributed by atoms with Gasteiger partial charge in [-0.1, -0.05) is 188 Å². The summed E-state index contributed by atoms with van der Waals surface area (Å²) >= 11 is 0. The van der Waals surface area contributed by atoms with E-state index in [-0.39, 0.29) is 0 Å². The zero-order valence-electron chi connectivity index (χ0n) is 31.9. The predicted molar refractivity (Wildman–Crippen MR) is 242 cm³/mol. The molecule has 0 saturated carbocycles. The molecular weight excluding hydrogens is 719 g/mol. The number of imidazole rings is 1. The van der Waals surface area contributed by atoms with E-state index in [1.165, 1.54) is 5.56 Å². The van der Waals surface area contributed by atoms with Crippen molar-refractivity contribution >= 4 is 27.3 Å². The second-order valence-electron chi connectivity index (χ2n) is 14.6. The van der Waals surface area contributed by atoms with E-state index in [9.17, 15) is 0 Å². The molecule has 5 heteroatoms. The predicted octanol–water partition coefficient (Wildman–Crippen LogP) is 13.5. The molecule has 0 radical (unpaired) electrons. The highest BCUT2D eigenvalue weighted by molar-refractivity contribution is 6.19. The maximum Gasteiger partial charge on any atom is 0.160 e. The summed E-state index contributed by atoms with van der Waals surface area (Å²) in [5.41, 5.74) is 14.6. The number of nitrogens with zero attached hydrogens (tertiary/aromatic N) is 5. The molecule has 276 valence electrons. The summed E-state index contributed by atoms with van der Waals surface area (Å²) in [7, 11) is 0. The van der Waals surface area contributed by atoms with Gasteiger partial charge < -0.3 is 0 Å². The van der Waals surface area contributed by atoms with E-state index in [2.05, 4.69) is 174 Å². The molecule has 11 aromatic rings. The van der Waals surface area contributed by atoms with Crippen LogP contribution in [0.2, 0.25) is 0 Å². The molecule has 59 heavy (non-hydrogen) atoms. The number of hydrogen-bond donors (Lipinski definition) is 0. The molecule has 4 aromatic heterocycles. The quantitative estimate of drug-likeness (QED) is 0.152. The summed E-state index contributed by atoms with van der Waals surface area (Å²) in [5.74, 6) is 0.661. The van der Waals surface area contributed by atoms with Crippen molar-refractivity contribution in [3.05, 3.63) is 212 Å². The number of rotatable bonds is 7. The maximum absolute atomic E-state index is 5.59. The van der Waals surface area contributed by atoms with E-state index in [4.69, 9.17) is 19.9 Å². The van der Waals surface area contributed by atoms with Crippen molar-refractivity contribution in [1.82, 2.24) is 24.3 Å². The van der Waals surface area contributed by atoms with Gasteiger partial charge in [0.1, 0.15) is 5.65 Å². The van der Waals surface area contributed by atoms with E-state index in [0.29, 0.717) is 5.82 Å². The zero-order chi connectivity index (χ0) is 39.1. The Kier molecular flexibility index (Phi) is 8.41. The van der Waals surface area contributed by atoms with E-state index in [1.54, 1.807) is 0 Å². The smallest absolute Gasteiger partial charge is 0.160 e. The molecule has 4 heterocycles. The van der Waals surface area contributed by atoms with Crippen LogP contribution in [0.1, 0.15) is 0 Å². The number of benzene rings is 7. The van der Waals surface area contributed by atoms with E-state index in [1.807, 2.05) is 42.5 Å². The number of fused-ring (bicyclic) bond motifs is 5. The zero-order valence-corrected chi connectivity index (χ0v) is 31.9. The Morgan fingerprint density at radius 2 is 0.881 bits per heavy atom. The van der Waals surface area contributed by atoms with Crippen LogP contribution in [0, 0.1) is 0 Å². The lowest BCUT2D eigenvalue weighted by Crippen LogP contribution is -1.99. The minimum absolute atomic E-state index is 0.661. The topological polar surface area (TPSA) is 56.0 Å². The van der Waals surface area contributed by atoms with Crippen LogP contribution >= 0.6 is 0 Å². The van der Waals surface area contributed by atoms with Crippen LogP contribution in [0.15, 0.2) is 212 Å². The Bertz CT molecular complexity index is 3230. The fourth-order valence-electron chi connectivity index (χ4n) is 8.24. The fourth-order valence-corrected chi connectivity index (χ4v) is 8.24. The number of para-hydroxylation sites is 1. The van der Waals surface area contributed by atoms with Crippen LogP contribution in [0.4, 0.5) is 0 Å². The SMILES string of the molecule is c1ccc(-c2cccc(-c3c(-c4ccccc4)nc4c5c(ccn34)c(-c3ccccc3)nc3c(-c4cc(-c6ccccc6)nc(-c6ccccc6)n4)cccc35)c2)cc1. The van der Waals surface area contributed by atoms with Crippen molar-refractivity contribution in [2.45, 2.75) is 0 Å². The van der Waals surface area contributed by atoms with Gasteiger partial charge in [0.2, 0.25) is 0 Å². The molecule has 0 unspecified atom stereocenters. The third-order valence-corrected chi connectivity index (χ3v) is 11.0. The normalized spacial score (nSPS) is 11.4. The van der Waals surface area contributed by atoms with Crippen LogP contribution < -0.4 is 0 Å². The summed E-state index contributed by atoms with van der Waals surface area (Å²) in [6.45, 7) is 0. The minimum Gasteiger partial charge on any atom is -0.298 e. The lowest BCUT2D eigenvalue weighted by Gasteiger charge is -2.15. The van der Waals surface area contributed by atoms with Gasteiger partial charge in [-0.2, -0.15) is 0 Å². The van der Waals surface area contributed by atoms with Gasteiger partial charge in [-0.15, -0.1) is 0 Å². The van der Waals surface area contributed by atoms with Gasteiger partial charge in [-0.05, 0) is 29.3 Å². The first-order chi connectivity index (χ1) is 29.3. The summed E-state index contributed by atoms with van der Waals surface area (Å²) in [5, 5.41) is 3.06. The van der Waals surface area contributed by atoms with Crippen molar-refractivity contribution in [3.8, 4) is 78.8 Å². The van der Waals surface area contributed by atoms with E-state index >= 15 is 0 Å². The molecule has 0 saturated heterocycles. The van der Waals surface area contributed by atoms with Gasteiger partial charge in [0.25, 0.3) is 0 Å². The number of pyridine rings is 2. The van der Waals surface area contributed by atoms with E-state index in [0.717, 1.165) is 94.7 Å². The lowest BCUT2D eigenvalue weighted by molar-refractivity contribution is 1.18. The molecule has 5 nitrogen and oxygen atoms in total. The monoisotopic (exact) mass is 753 g/mol. The van der Waals surface area contributed by atoms with Crippen LogP contribution in [0.25, 0.3) is 106 Å². The lowest BCUT2D eigenvalue weighted by atomic mass is 9.97. The molecular formula is C54H35N5. The van der Waals surface area contributed by atoms with E-state index < -0.39 is 0 Å². The molecule has 7 aromatic carbocycles. The van der Waals surface area contributed by atoms with Crippen molar-refractivity contribution in [2.24, 2.45) is 0 Å². The van der Waals surface area contributed by atoms with Gasteiger partial charge >= 0.3 is 0 Å². The molecule has 0 N–H and O–H groups in total. The van der Waals surface area contributed by atoms with Gasteiger partial charge in [0, 0.05) is 55.7 Å². The van der Waals surface area contributed by atoms with Crippen molar-refractivity contribution in [1.29, 1.82) is 0 Å². The Hall–Kier alpha value is -8.02. The highest BCUT2D eigenvalue weighted by Crippen LogP contribution is 2.42. The summed E-state index contributed by atoms with van der Waals surface area (Å²) in [6, 6.07) is 71.5. The Labute approximate surface area is 341 Å². The molecule has 0 bridgehead atoms. The van der Waals surface area contributed by atoms with Crippen LogP contribution in [-0.4, -0.2) is 24.3 Å². The largest absolute Gasteiger partial charge is 0.298 e. The Morgan fingerprint density at radius 3 is 1.56 bits per heavy atom. The second kappa shape index (κ2) is 14.5. The first-order valence-electron chi connectivity index (χ1n) is 19.8. The Balaban J connectivity index is 1.23. The second-order valence-corrected chi connectivity index (χ2v) is 14.6. The average molecular weight is 754 g/mol. The number of aromatic nitrogens is 5. The summed E-state index contributed by atoms with van der Waals surface area (Å²) < 4.78 is 2.27. The molecule has 11 rings (SSSR count). The van der Waals surface area contributed by atoms with Crippen molar-refractivity contribution < 1.29 is 0 Å². The number of hydrogen-bond acceptors (Lipinski definition) is 4. The summed E-state index contributed by atoms with van der Waals surface area (Å²) in [4.78, 5) is 21.5.